The van der Waals surface area contributed by atoms with Crippen LogP contribution < -0.4 is 0 Å². The van der Waals surface area contributed by atoms with Crippen molar-refractivity contribution < 1.29 is 9.53 Å². The minimum absolute atomic E-state index is 0.108. The zero-order chi connectivity index (χ0) is 12.8. The fourth-order valence-corrected chi connectivity index (χ4v) is 3.48. The molecule has 1 atom stereocenters. The zero-order valence-corrected chi connectivity index (χ0v) is 11.7. The largest absolute Gasteiger partial charge is 0.378 e. The normalized spacial score (nSPS) is 29.5. The second-order valence-electron chi connectivity index (χ2n) is 5.35. The quantitative estimate of drug-likeness (QED) is 0.699. The van der Waals surface area contributed by atoms with Crippen molar-refractivity contribution in [3.8, 4) is 0 Å². The Morgan fingerprint density at radius 1 is 1.29 bits per heavy atom. The number of carbonyl (C=O) groups excluding carboxylic acids is 1. The number of carbonyl (C=O) groups is 1. The van der Waals surface area contributed by atoms with E-state index in [0.717, 1.165) is 6.42 Å². The summed E-state index contributed by atoms with van der Waals surface area (Å²) >= 11 is 5.48. The van der Waals surface area contributed by atoms with Gasteiger partial charge in [-0.25, -0.2) is 0 Å². The van der Waals surface area contributed by atoms with Crippen LogP contribution in [0, 0.1) is 0 Å². The van der Waals surface area contributed by atoms with Crippen LogP contribution in [0.15, 0.2) is 0 Å². The van der Waals surface area contributed by atoms with Gasteiger partial charge in [-0.05, 0) is 39.9 Å². The lowest BCUT2D eigenvalue weighted by Gasteiger charge is -2.34. The maximum absolute atomic E-state index is 12.6. The predicted octanol–water partition coefficient (Wildman–Crippen LogP) is 1.39. The number of amides is 1. The summed E-state index contributed by atoms with van der Waals surface area (Å²) in [5.74, 6) is 0.115. The third kappa shape index (κ3) is 1.67. The van der Waals surface area contributed by atoms with Crippen molar-refractivity contribution >= 4 is 23.2 Å². The van der Waals surface area contributed by atoms with E-state index in [0.29, 0.717) is 18.3 Å². The van der Waals surface area contributed by atoms with Crippen LogP contribution in [0.5, 0.6) is 0 Å². The molecular formula is C12H20N2O2S. The van der Waals surface area contributed by atoms with Crippen LogP contribution in [0.2, 0.25) is 0 Å². The number of ether oxygens (including phenoxy) is 1. The van der Waals surface area contributed by atoms with Crippen molar-refractivity contribution in [1.29, 1.82) is 0 Å². The van der Waals surface area contributed by atoms with Gasteiger partial charge >= 0.3 is 0 Å². The second kappa shape index (κ2) is 4.21. The van der Waals surface area contributed by atoms with E-state index in [-0.39, 0.29) is 18.0 Å². The van der Waals surface area contributed by atoms with Gasteiger partial charge in [0.15, 0.2) is 5.11 Å². The summed E-state index contributed by atoms with van der Waals surface area (Å²) in [6.45, 7) is 9.25. The van der Waals surface area contributed by atoms with E-state index in [1.54, 1.807) is 4.90 Å². The first kappa shape index (κ1) is 12.8. The number of rotatable bonds is 2. The third-order valence-corrected chi connectivity index (χ3v) is 3.92. The van der Waals surface area contributed by atoms with E-state index in [1.165, 1.54) is 0 Å². The molecule has 0 aliphatic carbocycles. The molecule has 0 saturated carbocycles. The second-order valence-corrected chi connectivity index (χ2v) is 5.71. The summed E-state index contributed by atoms with van der Waals surface area (Å²) in [7, 11) is 0. The lowest BCUT2D eigenvalue weighted by atomic mass is 9.95. The summed E-state index contributed by atoms with van der Waals surface area (Å²) in [4.78, 5) is 16.4. The van der Waals surface area contributed by atoms with Crippen LogP contribution in [0.1, 0.15) is 34.1 Å². The van der Waals surface area contributed by atoms with Crippen LogP contribution in [0.3, 0.4) is 0 Å². The van der Waals surface area contributed by atoms with Gasteiger partial charge < -0.3 is 9.64 Å². The van der Waals surface area contributed by atoms with Gasteiger partial charge in [0.2, 0.25) is 0 Å². The Bertz CT molecular complexity index is 348. The Morgan fingerprint density at radius 2 is 1.94 bits per heavy atom. The lowest BCUT2D eigenvalue weighted by molar-refractivity contribution is -0.134. The van der Waals surface area contributed by atoms with E-state index < -0.39 is 5.54 Å². The molecule has 2 fully saturated rings. The molecule has 2 heterocycles. The molecule has 0 aromatic carbocycles. The highest BCUT2D eigenvalue weighted by molar-refractivity contribution is 7.80. The van der Waals surface area contributed by atoms with Crippen LogP contribution in [0.25, 0.3) is 0 Å². The molecule has 0 N–H and O–H groups in total. The Balaban J connectivity index is 2.43. The number of thiocarbonyl (C=S) groups is 1. The first-order valence-electron chi connectivity index (χ1n) is 6.16. The van der Waals surface area contributed by atoms with Crippen molar-refractivity contribution in [3.05, 3.63) is 0 Å². The predicted molar refractivity (Wildman–Crippen MR) is 69.7 cm³/mol. The highest BCUT2D eigenvalue weighted by Crippen LogP contribution is 2.37. The molecule has 2 aliphatic rings. The highest BCUT2D eigenvalue weighted by Gasteiger charge is 2.58. The first-order chi connectivity index (χ1) is 7.92. The molecule has 2 saturated heterocycles. The standard InChI is InChI=1S/C12H20N2O2S/c1-8(2)13-10(15)12(5-6-16-7-12)14(9(3)4)11(13)17/h8-9H,5-7H2,1-4H3. The van der Waals surface area contributed by atoms with E-state index >= 15 is 0 Å². The molecule has 0 bridgehead atoms. The minimum Gasteiger partial charge on any atom is -0.378 e. The van der Waals surface area contributed by atoms with Crippen LogP contribution in [0.4, 0.5) is 0 Å². The van der Waals surface area contributed by atoms with Gasteiger partial charge in [0.1, 0.15) is 5.54 Å². The van der Waals surface area contributed by atoms with Gasteiger partial charge in [0.05, 0.1) is 6.61 Å². The molecule has 1 unspecified atom stereocenters. The van der Waals surface area contributed by atoms with Crippen molar-refractivity contribution in [1.82, 2.24) is 9.80 Å². The summed E-state index contributed by atoms with van der Waals surface area (Å²) in [5.41, 5.74) is -0.532. The van der Waals surface area contributed by atoms with Crippen molar-refractivity contribution in [2.75, 3.05) is 13.2 Å². The molecule has 1 amide bonds. The molecule has 5 heteroatoms. The highest BCUT2D eigenvalue weighted by atomic mass is 32.1. The molecule has 2 rings (SSSR count). The van der Waals surface area contributed by atoms with Gasteiger partial charge in [0.25, 0.3) is 5.91 Å². The lowest BCUT2D eigenvalue weighted by Crippen LogP contribution is -2.53. The SMILES string of the molecule is CC(C)N1C(=O)C2(CCOC2)N(C(C)C)C1=S. The average molecular weight is 256 g/mol. The van der Waals surface area contributed by atoms with Gasteiger partial charge in [-0.3, -0.25) is 9.69 Å². The number of hydrogen-bond donors (Lipinski definition) is 0. The molecule has 0 radical (unpaired) electrons. The summed E-state index contributed by atoms with van der Waals surface area (Å²) in [6, 6.07) is 0.327. The molecule has 17 heavy (non-hydrogen) atoms. The van der Waals surface area contributed by atoms with Crippen molar-refractivity contribution in [2.24, 2.45) is 0 Å². The molecule has 0 aromatic heterocycles. The Hall–Kier alpha value is -0.680. The third-order valence-electron chi connectivity index (χ3n) is 3.52. The first-order valence-corrected chi connectivity index (χ1v) is 6.57. The molecule has 2 aliphatic heterocycles. The van der Waals surface area contributed by atoms with Crippen LogP contribution in [-0.4, -0.2) is 51.7 Å². The maximum atomic E-state index is 12.6. The molecule has 0 aromatic rings. The van der Waals surface area contributed by atoms with E-state index in [1.807, 2.05) is 13.8 Å². The minimum atomic E-state index is -0.532. The molecule has 96 valence electrons. The summed E-state index contributed by atoms with van der Waals surface area (Å²) in [6.07, 6.45) is 0.743. The van der Waals surface area contributed by atoms with Crippen LogP contribution >= 0.6 is 12.2 Å². The number of hydrogen-bond acceptors (Lipinski definition) is 3. The summed E-state index contributed by atoms with van der Waals surface area (Å²) in [5, 5.41) is 0.658. The van der Waals surface area contributed by atoms with E-state index in [2.05, 4.69) is 18.7 Å². The topological polar surface area (TPSA) is 32.8 Å². The smallest absolute Gasteiger partial charge is 0.257 e. The monoisotopic (exact) mass is 256 g/mol. The summed E-state index contributed by atoms with van der Waals surface area (Å²) < 4.78 is 5.46. The van der Waals surface area contributed by atoms with Crippen LogP contribution in [-0.2, 0) is 9.53 Å². The average Bonchev–Trinajstić information content (AvgIpc) is 2.73. The fourth-order valence-electron chi connectivity index (χ4n) is 2.80. The molecular weight excluding hydrogens is 236 g/mol. The Morgan fingerprint density at radius 3 is 2.35 bits per heavy atom. The van der Waals surface area contributed by atoms with Gasteiger partial charge in [0, 0.05) is 25.1 Å². The van der Waals surface area contributed by atoms with Gasteiger partial charge in [-0.1, -0.05) is 0 Å². The van der Waals surface area contributed by atoms with E-state index in [9.17, 15) is 4.79 Å². The van der Waals surface area contributed by atoms with E-state index in [4.69, 9.17) is 17.0 Å². The number of nitrogens with zero attached hydrogens (tertiary/aromatic N) is 2. The Labute approximate surface area is 108 Å². The fraction of sp³-hybridized carbons (Fsp3) is 0.833. The molecule has 4 nitrogen and oxygen atoms in total. The molecule has 1 spiro atoms. The van der Waals surface area contributed by atoms with Crippen molar-refractivity contribution in [2.45, 2.75) is 51.7 Å². The maximum Gasteiger partial charge on any atom is 0.257 e. The zero-order valence-electron chi connectivity index (χ0n) is 10.9. The van der Waals surface area contributed by atoms with Gasteiger partial charge in [-0.2, -0.15) is 0 Å². The Kier molecular flexibility index (Phi) is 3.16. The van der Waals surface area contributed by atoms with Crippen molar-refractivity contribution in [3.63, 3.8) is 0 Å². The van der Waals surface area contributed by atoms with Gasteiger partial charge in [-0.15, -0.1) is 0 Å².